The second kappa shape index (κ2) is 4.41. The molecule has 8 heteroatoms. The molecule has 8 nitrogen and oxygen atoms in total. The lowest BCUT2D eigenvalue weighted by atomic mass is 10.3. The molecule has 0 atom stereocenters. The number of fused-ring (bicyclic) bond motifs is 1. The first-order chi connectivity index (χ1) is 9.24. The van der Waals surface area contributed by atoms with Gasteiger partial charge in [-0.05, 0) is 12.1 Å². The van der Waals surface area contributed by atoms with Gasteiger partial charge in [-0.15, -0.1) is 0 Å². The molecule has 4 N–H and O–H groups in total. The number of anilines is 1. The van der Waals surface area contributed by atoms with Gasteiger partial charge in [0, 0.05) is 6.20 Å². The molecule has 3 heterocycles. The predicted molar refractivity (Wildman–Crippen MR) is 66.8 cm³/mol. The van der Waals surface area contributed by atoms with Crippen LogP contribution < -0.4 is 5.32 Å². The summed E-state index contributed by atoms with van der Waals surface area (Å²) in [5, 5.41) is 18.2. The van der Waals surface area contributed by atoms with Crippen molar-refractivity contribution in [1.29, 1.82) is 0 Å². The first-order valence-corrected chi connectivity index (χ1v) is 5.53. The Hall–Kier alpha value is -2.90. The number of aromatic amines is 2. The van der Waals surface area contributed by atoms with Crippen molar-refractivity contribution in [2.45, 2.75) is 6.54 Å². The summed E-state index contributed by atoms with van der Waals surface area (Å²) in [6, 6.07) is 3.30. The number of aromatic nitrogens is 5. The highest BCUT2D eigenvalue weighted by atomic mass is 16.4. The van der Waals surface area contributed by atoms with Crippen LogP contribution >= 0.6 is 0 Å². The fourth-order valence-electron chi connectivity index (χ4n) is 1.74. The van der Waals surface area contributed by atoms with Crippen molar-refractivity contribution in [2.75, 3.05) is 5.32 Å². The molecule has 0 aliphatic rings. The SMILES string of the molecule is O=C(O)c1cc(CNc2nccc3[nH]cnc23)[nH]n1. The summed E-state index contributed by atoms with van der Waals surface area (Å²) >= 11 is 0. The van der Waals surface area contributed by atoms with Crippen LogP contribution in [0.3, 0.4) is 0 Å². The van der Waals surface area contributed by atoms with Crippen molar-refractivity contribution >= 4 is 22.8 Å². The summed E-state index contributed by atoms with van der Waals surface area (Å²) in [4.78, 5) is 22.0. The Kier molecular flexibility index (Phi) is 2.60. The third kappa shape index (κ3) is 2.10. The molecule has 0 unspecified atom stereocenters. The first-order valence-electron chi connectivity index (χ1n) is 5.53. The minimum Gasteiger partial charge on any atom is -0.476 e. The molecule has 0 fully saturated rings. The van der Waals surface area contributed by atoms with Crippen molar-refractivity contribution < 1.29 is 9.90 Å². The van der Waals surface area contributed by atoms with Crippen LogP contribution in [0.2, 0.25) is 0 Å². The van der Waals surface area contributed by atoms with Crippen LogP contribution in [-0.4, -0.2) is 36.2 Å². The van der Waals surface area contributed by atoms with Crippen LogP contribution in [0.4, 0.5) is 5.82 Å². The fraction of sp³-hybridized carbons (Fsp3) is 0.0909. The van der Waals surface area contributed by atoms with Gasteiger partial charge >= 0.3 is 5.97 Å². The maximum Gasteiger partial charge on any atom is 0.356 e. The van der Waals surface area contributed by atoms with Gasteiger partial charge in [0.25, 0.3) is 0 Å². The first kappa shape index (κ1) is 11.2. The Morgan fingerprint density at radius 2 is 2.32 bits per heavy atom. The Bertz CT molecular complexity index is 731. The second-order valence-corrected chi connectivity index (χ2v) is 3.90. The van der Waals surface area contributed by atoms with Gasteiger partial charge in [0.15, 0.2) is 11.5 Å². The van der Waals surface area contributed by atoms with Gasteiger partial charge in [0.05, 0.1) is 24.1 Å². The number of H-pyrrole nitrogens is 2. The van der Waals surface area contributed by atoms with Crippen LogP contribution in [0.25, 0.3) is 11.0 Å². The summed E-state index contributed by atoms with van der Waals surface area (Å²) in [7, 11) is 0. The molecule has 0 saturated heterocycles. The van der Waals surface area contributed by atoms with E-state index in [1.165, 1.54) is 6.07 Å². The number of nitrogens with one attached hydrogen (secondary N) is 3. The largest absolute Gasteiger partial charge is 0.476 e. The Morgan fingerprint density at radius 1 is 1.42 bits per heavy atom. The lowest BCUT2D eigenvalue weighted by molar-refractivity contribution is 0.0690. The summed E-state index contributed by atoms with van der Waals surface area (Å²) in [5.74, 6) is -0.430. The number of hydrogen-bond donors (Lipinski definition) is 4. The minimum atomic E-state index is -1.06. The van der Waals surface area contributed by atoms with E-state index < -0.39 is 5.97 Å². The lowest BCUT2D eigenvalue weighted by Crippen LogP contribution is -2.02. The molecule has 3 aromatic heterocycles. The molecule has 96 valence electrons. The average Bonchev–Trinajstić information content (AvgIpc) is 3.05. The van der Waals surface area contributed by atoms with Crippen molar-refractivity contribution in [3.05, 3.63) is 36.0 Å². The highest BCUT2D eigenvalue weighted by Crippen LogP contribution is 2.17. The third-order valence-corrected chi connectivity index (χ3v) is 2.63. The van der Waals surface area contributed by atoms with Gasteiger partial charge in [-0.2, -0.15) is 5.10 Å². The van der Waals surface area contributed by atoms with Crippen molar-refractivity contribution in [3.8, 4) is 0 Å². The van der Waals surface area contributed by atoms with Crippen molar-refractivity contribution in [2.24, 2.45) is 0 Å². The molecule has 0 radical (unpaired) electrons. The zero-order chi connectivity index (χ0) is 13.2. The summed E-state index contributed by atoms with van der Waals surface area (Å²) < 4.78 is 0. The highest BCUT2D eigenvalue weighted by Gasteiger charge is 2.09. The van der Waals surface area contributed by atoms with E-state index >= 15 is 0 Å². The van der Waals surface area contributed by atoms with Gasteiger partial charge in [-0.25, -0.2) is 14.8 Å². The van der Waals surface area contributed by atoms with Gasteiger partial charge in [0.1, 0.15) is 5.52 Å². The van der Waals surface area contributed by atoms with E-state index in [-0.39, 0.29) is 5.69 Å². The number of nitrogens with zero attached hydrogens (tertiary/aromatic N) is 3. The summed E-state index contributed by atoms with van der Waals surface area (Å²) in [6.45, 7) is 0.388. The molecule has 19 heavy (non-hydrogen) atoms. The number of rotatable bonds is 4. The molecule has 0 aromatic carbocycles. The van der Waals surface area contributed by atoms with E-state index in [2.05, 4.69) is 30.5 Å². The topological polar surface area (TPSA) is 120 Å². The maximum absolute atomic E-state index is 10.7. The minimum absolute atomic E-state index is 0.0114. The third-order valence-electron chi connectivity index (χ3n) is 2.63. The molecule has 0 aliphatic carbocycles. The number of pyridine rings is 1. The van der Waals surface area contributed by atoms with Crippen LogP contribution in [0, 0.1) is 0 Å². The van der Waals surface area contributed by atoms with Crippen molar-refractivity contribution in [1.82, 2.24) is 25.1 Å². The number of imidazole rings is 1. The number of carboxylic acid groups (broad SMARTS) is 1. The molecule has 3 rings (SSSR count). The molecule has 3 aromatic rings. The van der Waals surface area contributed by atoms with Gasteiger partial charge in [-0.1, -0.05) is 0 Å². The van der Waals surface area contributed by atoms with E-state index in [0.717, 1.165) is 11.0 Å². The normalized spacial score (nSPS) is 10.7. The smallest absolute Gasteiger partial charge is 0.356 e. The molecule has 0 amide bonds. The van der Waals surface area contributed by atoms with Crippen LogP contribution in [0.5, 0.6) is 0 Å². The zero-order valence-corrected chi connectivity index (χ0v) is 9.71. The Morgan fingerprint density at radius 3 is 3.11 bits per heavy atom. The van der Waals surface area contributed by atoms with E-state index in [1.54, 1.807) is 12.5 Å². The van der Waals surface area contributed by atoms with Crippen molar-refractivity contribution in [3.63, 3.8) is 0 Å². The standard InChI is InChI=1S/C11H10N6O2/c18-11(19)8-3-6(16-17-8)4-13-10-9-7(1-2-12-10)14-5-15-9/h1-3,5H,4H2,(H,12,13)(H,14,15)(H,16,17)(H,18,19). The summed E-state index contributed by atoms with van der Waals surface area (Å²) in [6.07, 6.45) is 3.26. The van der Waals surface area contributed by atoms with Crippen LogP contribution in [-0.2, 0) is 6.54 Å². The highest BCUT2D eigenvalue weighted by molar-refractivity contribution is 5.86. The molecule has 0 spiro atoms. The monoisotopic (exact) mass is 258 g/mol. The lowest BCUT2D eigenvalue weighted by Gasteiger charge is -2.03. The average molecular weight is 258 g/mol. The quantitative estimate of drug-likeness (QED) is 0.554. The van der Waals surface area contributed by atoms with E-state index in [1.807, 2.05) is 6.07 Å². The van der Waals surface area contributed by atoms with E-state index in [0.29, 0.717) is 18.1 Å². The number of carboxylic acids is 1. The van der Waals surface area contributed by atoms with E-state index in [9.17, 15) is 4.79 Å². The van der Waals surface area contributed by atoms with Gasteiger partial charge in [-0.3, -0.25) is 5.10 Å². The Balaban J connectivity index is 1.78. The number of carbonyl (C=O) groups is 1. The van der Waals surface area contributed by atoms with Crippen LogP contribution in [0.15, 0.2) is 24.7 Å². The van der Waals surface area contributed by atoms with Crippen LogP contribution in [0.1, 0.15) is 16.2 Å². The number of aromatic carboxylic acids is 1. The fourth-order valence-corrected chi connectivity index (χ4v) is 1.74. The summed E-state index contributed by atoms with van der Waals surface area (Å²) in [5.41, 5.74) is 2.27. The zero-order valence-electron chi connectivity index (χ0n) is 9.71. The molecule has 0 aliphatic heterocycles. The maximum atomic E-state index is 10.7. The molecular weight excluding hydrogens is 248 g/mol. The van der Waals surface area contributed by atoms with E-state index in [4.69, 9.17) is 5.11 Å². The Labute approximate surface area is 106 Å². The molecular formula is C11H10N6O2. The molecule has 0 bridgehead atoms. The van der Waals surface area contributed by atoms with Gasteiger partial charge < -0.3 is 15.4 Å². The number of hydrogen-bond acceptors (Lipinski definition) is 5. The van der Waals surface area contributed by atoms with Gasteiger partial charge in [0.2, 0.25) is 0 Å². The molecule has 0 saturated carbocycles. The predicted octanol–water partition coefficient (Wildman–Crippen LogP) is 0.991. The second-order valence-electron chi connectivity index (χ2n) is 3.90.